The van der Waals surface area contributed by atoms with Gasteiger partial charge < -0.3 is 50.4 Å². The molecular formula is C10H17NO10Zr. The summed E-state index contributed by atoms with van der Waals surface area (Å²) < 4.78 is 0. The van der Waals surface area contributed by atoms with E-state index in [1.54, 1.807) is 0 Å². The Hall–Kier alpha value is -1.81. The van der Waals surface area contributed by atoms with Crippen LogP contribution in [0.1, 0.15) is 27.7 Å². The van der Waals surface area contributed by atoms with Crippen LogP contribution in [0.25, 0.3) is 0 Å². The predicted octanol–water partition coefficient (Wildman–Crippen LogP) is -5.95. The van der Waals surface area contributed by atoms with Crippen LogP contribution in [-0.2, 0) is 50.2 Å². The first-order valence-electron chi connectivity index (χ1n) is 4.82. The molecule has 0 aromatic rings. The summed E-state index contributed by atoms with van der Waals surface area (Å²) in [5, 5.41) is 43.2. The molecule has 3 N–H and O–H groups in total. The molecule has 22 heavy (non-hydrogen) atoms. The van der Waals surface area contributed by atoms with Gasteiger partial charge in [0.25, 0.3) is 0 Å². The molecule has 0 radical (unpaired) electrons. The van der Waals surface area contributed by atoms with Crippen LogP contribution in [-0.4, -0.2) is 41.5 Å². The first-order chi connectivity index (χ1) is 9.20. The van der Waals surface area contributed by atoms with Gasteiger partial charge in [0, 0.05) is 23.9 Å². The van der Waals surface area contributed by atoms with Crippen LogP contribution in [0.4, 0.5) is 0 Å². The molecule has 0 rings (SSSR count). The summed E-state index contributed by atoms with van der Waals surface area (Å²) in [7, 11) is 0. The SMILES string of the molecule is CC(=O)[O-].CC(=O)[O-].CC(=O)[O-].CC(=O)[O-].NCC(=O)O.[Zr+4]. The fourth-order valence-electron chi connectivity index (χ4n) is 0. The van der Waals surface area contributed by atoms with Gasteiger partial charge in [-0.1, -0.05) is 0 Å². The largest absolute Gasteiger partial charge is 4.00 e. The van der Waals surface area contributed by atoms with Crippen molar-refractivity contribution in [2.75, 3.05) is 6.54 Å². The number of carbonyl (C=O) groups excluding carboxylic acids is 4. The van der Waals surface area contributed by atoms with Gasteiger partial charge in [-0.3, -0.25) is 4.79 Å². The number of nitrogens with two attached hydrogens (primary N) is 1. The maximum Gasteiger partial charge on any atom is 4.00 e. The second-order valence-electron chi connectivity index (χ2n) is 2.56. The van der Waals surface area contributed by atoms with E-state index in [0.717, 1.165) is 27.7 Å². The third kappa shape index (κ3) is 144000. The van der Waals surface area contributed by atoms with E-state index in [2.05, 4.69) is 5.73 Å². The van der Waals surface area contributed by atoms with Crippen LogP contribution in [0.15, 0.2) is 0 Å². The first kappa shape index (κ1) is 36.9. The fourth-order valence-corrected chi connectivity index (χ4v) is 0. The molecule has 0 spiro atoms. The van der Waals surface area contributed by atoms with E-state index in [-0.39, 0.29) is 32.7 Å². The summed E-state index contributed by atoms with van der Waals surface area (Å²) in [5.41, 5.74) is 4.57. The van der Waals surface area contributed by atoms with Crippen molar-refractivity contribution in [1.29, 1.82) is 0 Å². The third-order valence-electron chi connectivity index (χ3n) is 0.175. The molecule has 0 aromatic carbocycles. The van der Waals surface area contributed by atoms with Gasteiger partial charge in [-0.25, -0.2) is 0 Å². The van der Waals surface area contributed by atoms with Crippen molar-refractivity contribution < 1.29 is 75.7 Å². The minimum Gasteiger partial charge on any atom is -0.550 e. The van der Waals surface area contributed by atoms with E-state index in [0.29, 0.717) is 0 Å². The Bertz CT molecular complexity index is 255. The van der Waals surface area contributed by atoms with Crippen LogP contribution in [0.5, 0.6) is 0 Å². The number of carboxylic acids is 5. The van der Waals surface area contributed by atoms with E-state index < -0.39 is 29.8 Å². The van der Waals surface area contributed by atoms with Crippen molar-refractivity contribution in [3.8, 4) is 0 Å². The molecule has 0 fully saturated rings. The first-order valence-corrected chi connectivity index (χ1v) is 4.82. The molecule has 0 bridgehead atoms. The molecule has 0 saturated heterocycles. The molecule has 126 valence electrons. The van der Waals surface area contributed by atoms with E-state index >= 15 is 0 Å². The fraction of sp³-hybridized carbons (Fsp3) is 0.500. The van der Waals surface area contributed by atoms with Crippen LogP contribution in [0, 0.1) is 0 Å². The van der Waals surface area contributed by atoms with Gasteiger partial charge in [-0.05, 0) is 27.7 Å². The average Bonchev–Trinajstić information content (AvgIpc) is 2.13. The number of hydrogen-bond acceptors (Lipinski definition) is 10. The van der Waals surface area contributed by atoms with Crippen LogP contribution >= 0.6 is 0 Å². The van der Waals surface area contributed by atoms with Crippen LogP contribution in [0.3, 0.4) is 0 Å². The number of aliphatic carboxylic acids is 5. The van der Waals surface area contributed by atoms with Crippen molar-refractivity contribution in [2.45, 2.75) is 27.7 Å². The maximum absolute atomic E-state index is 9.24. The standard InChI is InChI=1S/C2H5NO2.4C2H4O2.Zr/c3-1-2(4)5;4*1-2(3)4;/h1,3H2,(H,4,5);4*1H3,(H,3,4);/q;;;;;+4/p-4. The number of rotatable bonds is 1. The normalized spacial score (nSPS) is 6.23. The van der Waals surface area contributed by atoms with Gasteiger partial charge in [-0.15, -0.1) is 0 Å². The Kier molecular flexibility index (Phi) is 52.9. The van der Waals surface area contributed by atoms with Gasteiger partial charge in [0.1, 0.15) is 0 Å². The van der Waals surface area contributed by atoms with Gasteiger partial charge in [0.05, 0.1) is 6.54 Å². The molecule has 12 heteroatoms. The molecule has 0 aliphatic rings. The molecule has 0 aliphatic carbocycles. The molecule has 0 atom stereocenters. The van der Waals surface area contributed by atoms with E-state index in [9.17, 15) is 4.79 Å². The van der Waals surface area contributed by atoms with Crippen LogP contribution in [0.2, 0.25) is 0 Å². The second kappa shape index (κ2) is 31.5. The molecule has 0 unspecified atom stereocenters. The predicted molar refractivity (Wildman–Crippen MR) is 59.4 cm³/mol. The maximum atomic E-state index is 9.24. The van der Waals surface area contributed by atoms with Gasteiger partial charge >= 0.3 is 32.2 Å². The topological polar surface area (TPSA) is 224 Å². The van der Waals surface area contributed by atoms with Crippen molar-refractivity contribution in [2.24, 2.45) is 5.73 Å². The van der Waals surface area contributed by atoms with Gasteiger partial charge in [-0.2, -0.15) is 0 Å². The second-order valence-corrected chi connectivity index (χ2v) is 2.56. The van der Waals surface area contributed by atoms with E-state index in [1.807, 2.05) is 0 Å². The monoisotopic (exact) mass is 401 g/mol. The Morgan fingerprint density at radius 1 is 0.727 bits per heavy atom. The van der Waals surface area contributed by atoms with Gasteiger partial charge in [0.2, 0.25) is 0 Å². The zero-order chi connectivity index (χ0) is 18.6. The zero-order valence-electron chi connectivity index (χ0n) is 12.4. The third-order valence-corrected chi connectivity index (χ3v) is 0.175. The molecule has 0 aromatic heterocycles. The summed E-state index contributed by atoms with van der Waals surface area (Å²) in [4.78, 5) is 44.8. The minimum atomic E-state index is -1.08. The van der Waals surface area contributed by atoms with Crippen molar-refractivity contribution in [3.63, 3.8) is 0 Å². The average molecular weight is 402 g/mol. The van der Waals surface area contributed by atoms with Crippen LogP contribution < -0.4 is 26.2 Å². The smallest absolute Gasteiger partial charge is 0.550 e. The van der Waals surface area contributed by atoms with Crippen molar-refractivity contribution in [3.05, 3.63) is 0 Å². The summed E-state index contributed by atoms with van der Waals surface area (Å²) in [6.45, 7) is 3.61. The summed E-state index contributed by atoms with van der Waals surface area (Å²) >= 11 is 0. The summed E-state index contributed by atoms with van der Waals surface area (Å²) in [5.74, 6) is -5.30. The molecule has 0 heterocycles. The van der Waals surface area contributed by atoms with Crippen molar-refractivity contribution >= 4 is 29.8 Å². The minimum absolute atomic E-state index is 0. The number of carbonyl (C=O) groups is 5. The number of carboxylic acid groups (broad SMARTS) is 5. The summed E-state index contributed by atoms with van der Waals surface area (Å²) in [6.07, 6.45) is 0. The molecule has 0 saturated carbocycles. The number of hydrogen-bond donors (Lipinski definition) is 2. The Labute approximate surface area is 145 Å². The Morgan fingerprint density at radius 2 is 0.773 bits per heavy atom. The zero-order valence-corrected chi connectivity index (χ0v) is 14.9. The van der Waals surface area contributed by atoms with Crippen molar-refractivity contribution in [1.82, 2.24) is 0 Å². The van der Waals surface area contributed by atoms with Gasteiger partial charge in [0.15, 0.2) is 0 Å². The Morgan fingerprint density at radius 3 is 0.773 bits per heavy atom. The molecular weight excluding hydrogens is 385 g/mol. The van der Waals surface area contributed by atoms with E-state index in [1.165, 1.54) is 0 Å². The van der Waals surface area contributed by atoms with E-state index in [4.69, 9.17) is 44.7 Å². The Balaban J connectivity index is -0.0000000361. The quantitative estimate of drug-likeness (QED) is 0.419. The molecule has 0 amide bonds. The molecule has 11 nitrogen and oxygen atoms in total. The summed E-state index contributed by atoms with van der Waals surface area (Å²) in [6, 6.07) is 0. The molecule has 0 aliphatic heterocycles.